The van der Waals surface area contributed by atoms with Gasteiger partial charge >= 0.3 is 0 Å². The zero-order valence-electron chi connectivity index (χ0n) is 11.5. The number of hydrogen-bond donors (Lipinski definition) is 1. The molecule has 98 valence electrons. The van der Waals surface area contributed by atoms with Crippen LogP contribution in [0, 0.1) is 13.8 Å². The van der Waals surface area contributed by atoms with Gasteiger partial charge in [0.05, 0.1) is 12.0 Å². The Balaban J connectivity index is 2.23. The number of aryl methyl sites for hydroxylation is 3. The molecule has 1 atom stereocenters. The molecule has 0 aromatic carbocycles. The highest BCUT2D eigenvalue weighted by Crippen LogP contribution is 2.22. The van der Waals surface area contributed by atoms with E-state index < -0.39 is 0 Å². The smallest absolute Gasteiger partial charge is 0.105 e. The molecular weight excluding hydrogens is 226 g/mol. The number of furan rings is 1. The van der Waals surface area contributed by atoms with Crippen molar-refractivity contribution in [3.8, 4) is 0 Å². The molecule has 0 aliphatic rings. The van der Waals surface area contributed by atoms with Crippen LogP contribution >= 0.6 is 0 Å². The second-order valence-corrected chi connectivity index (χ2v) is 4.57. The fraction of sp³-hybridized carbons (Fsp3) is 0.500. The van der Waals surface area contributed by atoms with E-state index in [0.717, 1.165) is 24.4 Å². The first kappa shape index (κ1) is 12.9. The standard InChI is InChI=1S/C14H21N3O/c1-5-17-12(8-10(2)16-17)9-14(15-4)13-6-7-18-11(13)3/h6-8,14-15H,5,9H2,1-4H3. The lowest BCUT2D eigenvalue weighted by Gasteiger charge is -2.16. The summed E-state index contributed by atoms with van der Waals surface area (Å²) in [4.78, 5) is 0. The average Bonchev–Trinajstić information content (AvgIpc) is 2.92. The normalized spacial score (nSPS) is 12.9. The van der Waals surface area contributed by atoms with Gasteiger partial charge in [0.25, 0.3) is 0 Å². The van der Waals surface area contributed by atoms with Crippen molar-refractivity contribution in [3.05, 3.63) is 41.1 Å². The van der Waals surface area contributed by atoms with Crippen LogP contribution in [0.3, 0.4) is 0 Å². The molecular formula is C14H21N3O. The Morgan fingerprint density at radius 1 is 1.44 bits per heavy atom. The van der Waals surface area contributed by atoms with Crippen molar-refractivity contribution in [1.82, 2.24) is 15.1 Å². The molecule has 4 heteroatoms. The molecule has 0 aliphatic heterocycles. The molecule has 4 nitrogen and oxygen atoms in total. The number of nitrogens with one attached hydrogen (secondary N) is 1. The molecule has 18 heavy (non-hydrogen) atoms. The Morgan fingerprint density at radius 2 is 2.22 bits per heavy atom. The van der Waals surface area contributed by atoms with E-state index in [1.54, 1.807) is 6.26 Å². The van der Waals surface area contributed by atoms with E-state index in [4.69, 9.17) is 4.42 Å². The van der Waals surface area contributed by atoms with Crippen molar-refractivity contribution in [2.24, 2.45) is 0 Å². The van der Waals surface area contributed by atoms with Gasteiger partial charge in [-0.2, -0.15) is 5.10 Å². The lowest BCUT2D eigenvalue weighted by Crippen LogP contribution is -2.20. The Hall–Kier alpha value is -1.55. The average molecular weight is 247 g/mol. The topological polar surface area (TPSA) is 43.0 Å². The number of aromatic nitrogens is 2. The van der Waals surface area contributed by atoms with Crippen molar-refractivity contribution in [3.63, 3.8) is 0 Å². The van der Waals surface area contributed by atoms with Gasteiger partial charge in [0, 0.05) is 30.3 Å². The Bertz CT molecular complexity index is 513. The van der Waals surface area contributed by atoms with Crippen LogP contribution in [0.1, 0.15) is 35.7 Å². The molecule has 1 N–H and O–H groups in total. The summed E-state index contributed by atoms with van der Waals surface area (Å²) in [7, 11) is 1.98. The van der Waals surface area contributed by atoms with E-state index in [0.29, 0.717) is 0 Å². The third-order valence-electron chi connectivity index (χ3n) is 3.32. The van der Waals surface area contributed by atoms with Crippen molar-refractivity contribution in [2.75, 3.05) is 7.05 Å². The van der Waals surface area contributed by atoms with E-state index in [1.165, 1.54) is 11.3 Å². The molecule has 1 unspecified atom stereocenters. The van der Waals surface area contributed by atoms with Crippen LogP contribution < -0.4 is 5.32 Å². The van der Waals surface area contributed by atoms with Gasteiger partial charge in [-0.15, -0.1) is 0 Å². The lowest BCUT2D eigenvalue weighted by molar-refractivity contribution is 0.502. The summed E-state index contributed by atoms with van der Waals surface area (Å²) in [6, 6.07) is 4.46. The van der Waals surface area contributed by atoms with Crippen LogP contribution in [0.4, 0.5) is 0 Å². The fourth-order valence-corrected chi connectivity index (χ4v) is 2.37. The molecule has 2 aromatic heterocycles. The third kappa shape index (κ3) is 2.48. The van der Waals surface area contributed by atoms with Crippen molar-refractivity contribution >= 4 is 0 Å². The summed E-state index contributed by atoms with van der Waals surface area (Å²) in [5, 5.41) is 7.84. The molecule has 0 aliphatic carbocycles. The minimum absolute atomic E-state index is 0.269. The van der Waals surface area contributed by atoms with Gasteiger partial charge in [-0.1, -0.05) is 0 Å². The van der Waals surface area contributed by atoms with Gasteiger partial charge in [-0.3, -0.25) is 4.68 Å². The highest BCUT2D eigenvalue weighted by Gasteiger charge is 2.17. The predicted molar refractivity (Wildman–Crippen MR) is 71.6 cm³/mol. The molecule has 0 amide bonds. The Morgan fingerprint density at radius 3 is 2.78 bits per heavy atom. The largest absolute Gasteiger partial charge is 0.469 e. The summed E-state index contributed by atoms with van der Waals surface area (Å²) in [5.74, 6) is 0.980. The van der Waals surface area contributed by atoms with Crippen molar-refractivity contribution in [1.29, 1.82) is 0 Å². The predicted octanol–water partition coefficient (Wildman–Crippen LogP) is 2.62. The molecule has 0 radical (unpaired) electrons. The third-order valence-corrected chi connectivity index (χ3v) is 3.32. The van der Waals surface area contributed by atoms with Crippen LogP contribution in [0.15, 0.2) is 22.8 Å². The number of likely N-dealkylation sites (N-methyl/N-ethyl adjacent to an activating group) is 1. The summed E-state index contributed by atoms with van der Waals surface area (Å²) < 4.78 is 7.45. The molecule has 2 aromatic rings. The van der Waals surface area contributed by atoms with E-state index >= 15 is 0 Å². The monoisotopic (exact) mass is 247 g/mol. The summed E-state index contributed by atoms with van der Waals surface area (Å²) >= 11 is 0. The maximum atomic E-state index is 5.38. The lowest BCUT2D eigenvalue weighted by atomic mass is 10.0. The maximum Gasteiger partial charge on any atom is 0.105 e. The molecule has 2 heterocycles. The molecule has 0 spiro atoms. The first-order valence-electron chi connectivity index (χ1n) is 6.40. The van der Waals surface area contributed by atoms with Gasteiger partial charge in [0.2, 0.25) is 0 Å². The van der Waals surface area contributed by atoms with Crippen LogP contribution in [-0.4, -0.2) is 16.8 Å². The van der Waals surface area contributed by atoms with E-state index in [1.807, 2.05) is 27.0 Å². The molecule has 0 fully saturated rings. The minimum atomic E-state index is 0.269. The quantitative estimate of drug-likeness (QED) is 0.883. The first-order chi connectivity index (χ1) is 8.65. The van der Waals surface area contributed by atoms with Crippen molar-refractivity contribution in [2.45, 2.75) is 39.8 Å². The first-order valence-corrected chi connectivity index (χ1v) is 6.40. The maximum absolute atomic E-state index is 5.38. The van der Waals surface area contributed by atoms with Gasteiger partial charge in [0.1, 0.15) is 5.76 Å². The molecule has 2 rings (SSSR count). The van der Waals surface area contributed by atoms with Crippen LogP contribution in [0.25, 0.3) is 0 Å². The number of hydrogen-bond acceptors (Lipinski definition) is 3. The zero-order chi connectivity index (χ0) is 13.1. The van der Waals surface area contributed by atoms with Crippen LogP contribution in [0.2, 0.25) is 0 Å². The van der Waals surface area contributed by atoms with Gasteiger partial charge in [-0.25, -0.2) is 0 Å². The second-order valence-electron chi connectivity index (χ2n) is 4.57. The molecule has 0 saturated heterocycles. The number of nitrogens with zero attached hydrogens (tertiary/aromatic N) is 2. The fourth-order valence-electron chi connectivity index (χ4n) is 2.37. The van der Waals surface area contributed by atoms with Crippen molar-refractivity contribution < 1.29 is 4.42 Å². The van der Waals surface area contributed by atoms with E-state index in [2.05, 4.69) is 28.1 Å². The summed E-state index contributed by atoms with van der Waals surface area (Å²) in [6.07, 6.45) is 2.67. The van der Waals surface area contributed by atoms with Crippen LogP contribution in [-0.2, 0) is 13.0 Å². The van der Waals surface area contributed by atoms with Gasteiger partial charge in [0.15, 0.2) is 0 Å². The summed E-state index contributed by atoms with van der Waals surface area (Å²) in [5.41, 5.74) is 3.56. The summed E-state index contributed by atoms with van der Waals surface area (Å²) in [6.45, 7) is 7.06. The zero-order valence-corrected chi connectivity index (χ0v) is 11.5. The molecule has 0 bridgehead atoms. The van der Waals surface area contributed by atoms with E-state index in [-0.39, 0.29) is 6.04 Å². The van der Waals surface area contributed by atoms with Gasteiger partial charge in [-0.05, 0) is 40.0 Å². The SMILES string of the molecule is CCn1nc(C)cc1CC(NC)c1ccoc1C. The Kier molecular flexibility index (Phi) is 3.87. The minimum Gasteiger partial charge on any atom is -0.469 e. The second kappa shape index (κ2) is 5.40. The molecule has 0 saturated carbocycles. The highest BCUT2D eigenvalue weighted by molar-refractivity contribution is 5.23. The van der Waals surface area contributed by atoms with Crippen LogP contribution in [0.5, 0.6) is 0 Å². The number of rotatable bonds is 5. The van der Waals surface area contributed by atoms with Gasteiger partial charge < -0.3 is 9.73 Å². The highest BCUT2D eigenvalue weighted by atomic mass is 16.3. The van der Waals surface area contributed by atoms with E-state index in [9.17, 15) is 0 Å². The Labute approximate surface area is 108 Å².